The molecule has 12 heavy (non-hydrogen) atoms. The number of amides is 1. The van der Waals surface area contributed by atoms with Crippen LogP contribution < -0.4 is 5.32 Å². The zero-order valence-electron chi connectivity index (χ0n) is 8.22. The molecule has 1 amide bonds. The number of hydrogen-bond donors (Lipinski definition) is 1. The summed E-state index contributed by atoms with van der Waals surface area (Å²) < 4.78 is 0. The van der Waals surface area contributed by atoms with E-state index in [-0.39, 0.29) is 5.91 Å². The minimum absolute atomic E-state index is 0.159. The number of rotatable bonds is 6. The predicted octanol–water partition coefficient (Wildman–Crippen LogP) is 2.04. The van der Waals surface area contributed by atoms with Crippen molar-refractivity contribution in [1.29, 1.82) is 0 Å². The van der Waals surface area contributed by atoms with Gasteiger partial charge in [0.2, 0.25) is 5.91 Å². The molecule has 0 aromatic heterocycles. The van der Waals surface area contributed by atoms with Gasteiger partial charge in [-0.3, -0.25) is 4.79 Å². The molecule has 0 bridgehead atoms. The van der Waals surface area contributed by atoms with Gasteiger partial charge in [-0.2, -0.15) is 11.8 Å². The molecule has 1 N–H and O–H groups in total. The van der Waals surface area contributed by atoms with Crippen LogP contribution in [0.15, 0.2) is 0 Å². The topological polar surface area (TPSA) is 29.1 Å². The molecule has 0 heterocycles. The maximum absolute atomic E-state index is 10.8. The minimum atomic E-state index is 0.159. The molecule has 0 aromatic rings. The van der Waals surface area contributed by atoms with E-state index in [1.54, 1.807) is 0 Å². The van der Waals surface area contributed by atoms with Crippen LogP contribution >= 0.6 is 11.8 Å². The Morgan fingerprint density at radius 1 is 1.58 bits per heavy atom. The molecule has 0 aromatic carbocycles. The van der Waals surface area contributed by atoms with Gasteiger partial charge in [0, 0.05) is 18.2 Å². The molecule has 1 atom stereocenters. The summed E-state index contributed by atoms with van der Waals surface area (Å²) in [4.78, 5) is 10.8. The van der Waals surface area contributed by atoms with E-state index in [2.05, 4.69) is 18.5 Å². The van der Waals surface area contributed by atoms with Gasteiger partial charge in [0.15, 0.2) is 0 Å². The summed E-state index contributed by atoms with van der Waals surface area (Å²) in [6.07, 6.45) is 4.99. The summed E-state index contributed by atoms with van der Waals surface area (Å²) in [6, 6.07) is 0. The SMILES string of the molecule is CCC(=O)NCCCC(C)SC. The molecule has 0 spiro atoms. The molecule has 2 nitrogen and oxygen atoms in total. The van der Waals surface area contributed by atoms with Crippen LogP contribution in [0.1, 0.15) is 33.1 Å². The van der Waals surface area contributed by atoms with Crippen LogP contribution in [0, 0.1) is 0 Å². The lowest BCUT2D eigenvalue weighted by Crippen LogP contribution is -2.23. The van der Waals surface area contributed by atoms with E-state index in [1.807, 2.05) is 18.7 Å². The monoisotopic (exact) mass is 189 g/mol. The second kappa shape index (κ2) is 7.47. The van der Waals surface area contributed by atoms with Gasteiger partial charge in [-0.25, -0.2) is 0 Å². The smallest absolute Gasteiger partial charge is 0.219 e. The van der Waals surface area contributed by atoms with E-state index in [0.29, 0.717) is 11.7 Å². The van der Waals surface area contributed by atoms with E-state index >= 15 is 0 Å². The third-order valence-corrected chi connectivity index (χ3v) is 2.87. The van der Waals surface area contributed by atoms with Gasteiger partial charge in [0.1, 0.15) is 0 Å². The highest BCUT2D eigenvalue weighted by atomic mass is 32.2. The number of nitrogens with one attached hydrogen (secondary N) is 1. The zero-order valence-corrected chi connectivity index (χ0v) is 9.04. The van der Waals surface area contributed by atoms with Crippen molar-refractivity contribution < 1.29 is 4.79 Å². The highest BCUT2D eigenvalue weighted by Gasteiger charge is 1.99. The third-order valence-electron chi connectivity index (χ3n) is 1.83. The molecule has 0 aliphatic rings. The van der Waals surface area contributed by atoms with Crippen molar-refractivity contribution >= 4 is 17.7 Å². The maximum Gasteiger partial charge on any atom is 0.219 e. The molecule has 0 saturated carbocycles. The molecule has 0 saturated heterocycles. The van der Waals surface area contributed by atoms with Gasteiger partial charge < -0.3 is 5.32 Å². The summed E-state index contributed by atoms with van der Waals surface area (Å²) in [5.41, 5.74) is 0. The Morgan fingerprint density at radius 3 is 2.75 bits per heavy atom. The lowest BCUT2D eigenvalue weighted by Gasteiger charge is -2.07. The summed E-state index contributed by atoms with van der Waals surface area (Å²) in [5.74, 6) is 0.159. The maximum atomic E-state index is 10.8. The first-order valence-corrected chi connectivity index (χ1v) is 5.79. The summed E-state index contributed by atoms with van der Waals surface area (Å²) in [5, 5.41) is 3.58. The van der Waals surface area contributed by atoms with Crippen LogP contribution in [-0.2, 0) is 4.79 Å². The summed E-state index contributed by atoms with van der Waals surface area (Å²) >= 11 is 1.88. The molecule has 0 radical (unpaired) electrons. The first-order valence-electron chi connectivity index (χ1n) is 4.50. The highest BCUT2D eigenvalue weighted by Crippen LogP contribution is 2.10. The van der Waals surface area contributed by atoms with Crippen LogP contribution in [0.2, 0.25) is 0 Å². The minimum Gasteiger partial charge on any atom is -0.356 e. The quantitative estimate of drug-likeness (QED) is 0.648. The molecule has 0 fully saturated rings. The Morgan fingerprint density at radius 2 is 2.25 bits per heavy atom. The summed E-state index contributed by atoms with van der Waals surface area (Å²) in [6.45, 7) is 4.92. The molecule has 0 aliphatic heterocycles. The van der Waals surface area contributed by atoms with Gasteiger partial charge in [-0.15, -0.1) is 0 Å². The van der Waals surface area contributed by atoms with Crippen molar-refractivity contribution in [2.24, 2.45) is 0 Å². The van der Waals surface area contributed by atoms with Gasteiger partial charge in [-0.1, -0.05) is 13.8 Å². The van der Waals surface area contributed by atoms with Crippen molar-refractivity contribution in [2.45, 2.75) is 38.4 Å². The Hall–Kier alpha value is -0.180. The molecule has 0 rings (SSSR count). The Balaban J connectivity index is 3.15. The van der Waals surface area contributed by atoms with Crippen LogP contribution in [-0.4, -0.2) is 24.0 Å². The summed E-state index contributed by atoms with van der Waals surface area (Å²) in [7, 11) is 0. The molecular weight excluding hydrogens is 170 g/mol. The van der Waals surface area contributed by atoms with Crippen LogP contribution in [0.3, 0.4) is 0 Å². The van der Waals surface area contributed by atoms with Crippen molar-refractivity contribution in [3.8, 4) is 0 Å². The molecule has 72 valence electrons. The molecule has 3 heteroatoms. The van der Waals surface area contributed by atoms with E-state index in [1.165, 1.54) is 6.42 Å². The first kappa shape index (κ1) is 11.8. The molecular formula is C9H19NOS. The lowest BCUT2D eigenvalue weighted by molar-refractivity contribution is -0.120. The molecule has 1 unspecified atom stereocenters. The fraction of sp³-hybridized carbons (Fsp3) is 0.889. The van der Waals surface area contributed by atoms with Crippen LogP contribution in [0.4, 0.5) is 0 Å². The highest BCUT2D eigenvalue weighted by molar-refractivity contribution is 7.99. The van der Waals surface area contributed by atoms with Gasteiger partial charge in [0.05, 0.1) is 0 Å². The second-order valence-electron chi connectivity index (χ2n) is 2.89. The largest absolute Gasteiger partial charge is 0.356 e. The Kier molecular flexibility index (Phi) is 7.36. The number of thioether (sulfide) groups is 1. The molecule has 0 aliphatic carbocycles. The Labute approximate surface area is 79.5 Å². The van der Waals surface area contributed by atoms with Gasteiger partial charge >= 0.3 is 0 Å². The van der Waals surface area contributed by atoms with Crippen LogP contribution in [0.5, 0.6) is 0 Å². The normalized spacial score (nSPS) is 12.6. The predicted molar refractivity (Wildman–Crippen MR) is 55.5 cm³/mol. The Bertz CT molecular complexity index is 128. The van der Waals surface area contributed by atoms with E-state index in [4.69, 9.17) is 0 Å². The fourth-order valence-corrected chi connectivity index (χ4v) is 1.26. The first-order chi connectivity index (χ1) is 5.70. The van der Waals surface area contributed by atoms with Gasteiger partial charge in [0.25, 0.3) is 0 Å². The number of carbonyl (C=O) groups excluding carboxylic acids is 1. The number of hydrogen-bond acceptors (Lipinski definition) is 2. The second-order valence-corrected chi connectivity index (χ2v) is 4.17. The zero-order chi connectivity index (χ0) is 9.40. The van der Waals surface area contributed by atoms with Crippen LogP contribution in [0.25, 0.3) is 0 Å². The van der Waals surface area contributed by atoms with E-state index < -0.39 is 0 Å². The van der Waals surface area contributed by atoms with E-state index in [0.717, 1.165) is 13.0 Å². The van der Waals surface area contributed by atoms with Crippen molar-refractivity contribution in [2.75, 3.05) is 12.8 Å². The standard InChI is InChI=1S/C9H19NOS/c1-4-9(11)10-7-5-6-8(2)12-3/h8H,4-7H2,1-3H3,(H,10,11). The van der Waals surface area contributed by atoms with Gasteiger partial charge in [-0.05, 0) is 19.1 Å². The van der Waals surface area contributed by atoms with Crippen molar-refractivity contribution in [3.05, 3.63) is 0 Å². The number of carbonyl (C=O) groups is 1. The third kappa shape index (κ3) is 6.53. The van der Waals surface area contributed by atoms with E-state index in [9.17, 15) is 4.79 Å². The average Bonchev–Trinajstić information content (AvgIpc) is 2.11. The van der Waals surface area contributed by atoms with Crippen molar-refractivity contribution in [3.63, 3.8) is 0 Å². The van der Waals surface area contributed by atoms with Crippen molar-refractivity contribution in [1.82, 2.24) is 5.32 Å². The fourth-order valence-electron chi connectivity index (χ4n) is 0.860. The lowest BCUT2D eigenvalue weighted by atomic mass is 10.2. The average molecular weight is 189 g/mol.